The van der Waals surface area contributed by atoms with Crippen molar-refractivity contribution in [3.63, 3.8) is 0 Å². The molecule has 15 heteroatoms. The third kappa shape index (κ3) is 5.89. The number of rotatable bonds is 9. The van der Waals surface area contributed by atoms with Crippen LogP contribution in [0.25, 0.3) is 16.7 Å². The van der Waals surface area contributed by atoms with Crippen LogP contribution < -0.4 is 25.8 Å². The fraction of sp³-hybridized carbons (Fsp3) is 0.360. The Labute approximate surface area is 245 Å². The summed E-state index contributed by atoms with van der Waals surface area (Å²) >= 11 is 6.33. The first kappa shape index (κ1) is 27.8. The number of nitrogens with zero attached hydrogens (tertiary/aromatic N) is 7. The topological polar surface area (TPSA) is 139 Å². The lowest BCUT2D eigenvalue weighted by Crippen LogP contribution is -2.49. The number of benzene rings is 1. The maximum atomic E-state index is 12.8. The Kier molecular flexibility index (Phi) is 8.49. The first-order chi connectivity index (χ1) is 19.4. The monoisotopic (exact) mass is 675 g/mol. The second-order valence-electron chi connectivity index (χ2n) is 9.08. The lowest BCUT2D eigenvalue weighted by atomic mass is 10.2. The Morgan fingerprint density at radius 1 is 1.07 bits per heavy atom. The van der Waals surface area contributed by atoms with Crippen LogP contribution in [-0.4, -0.2) is 90.9 Å². The van der Waals surface area contributed by atoms with E-state index in [0.29, 0.717) is 43.1 Å². The fourth-order valence-electron chi connectivity index (χ4n) is 4.50. The van der Waals surface area contributed by atoms with Gasteiger partial charge in [0.1, 0.15) is 24.6 Å². The van der Waals surface area contributed by atoms with Gasteiger partial charge < -0.3 is 29.7 Å². The van der Waals surface area contributed by atoms with Crippen LogP contribution in [0.2, 0.25) is 0 Å². The van der Waals surface area contributed by atoms with E-state index in [0.717, 1.165) is 22.4 Å². The smallest absolute Gasteiger partial charge is 0.293 e. The van der Waals surface area contributed by atoms with E-state index in [-0.39, 0.29) is 41.6 Å². The Morgan fingerprint density at radius 3 is 2.62 bits per heavy atom. The van der Waals surface area contributed by atoms with Crippen LogP contribution >= 0.6 is 31.9 Å². The Balaban J connectivity index is 1.38. The number of pyridine rings is 1. The molecule has 4 aromatic rings. The number of hydrogen-bond donors (Lipinski definition) is 2. The van der Waals surface area contributed by atoms with Gasteiger partial charge in [0.25, 0.3) is 11.3 Å². The predicted octanol–water partition coefficient (Wildman–Crippen LogP) is 1.65. The van der Waals surface area contributed by atoms with E-state index < -0.39 is 0 Å². The number of carbonyl (C=O) groups is 2. The van der Waals surface area contributed by atoms with Crippen molar-refractivity contribution in [3.8, 4) is 5.75 Å². The SMILES string of the molecule is Cn1c(=O)c(OCCNC(=O)CBr)cc2cc(Nc3cc(N4CCN(C(=O)CBr)CC4)nc4ncnn34)ccc21. The summed E-state index contributed by atoms with van der Waals surface area (Å²) in [4.78, 5) is 49.1. The summed E-state index contributed by atoms with van der Waals surface area (Å²) in [5.41, 5.74) is 1.25. The molecule has 13 nitrogen and oxygen atoms in total. The number of aryl methyl sites for hydroxylation is 1. The standard InChI is InChI=1S/C25H27Br2N9O4/c1-33-18-3-2-17(10-16(18)11-19(24(33)39)40-9-4-28-22(37)13-26)31-21-12-20(32-25-29-15-30-36(21)25)34-5-7-35(8-6-34)23(38)14-27/h2-3,10-12,15,31H,4-9,13-14H2,1H3,(H,28,37). The molecule has 0 saturated carbocycles. The van der Waals surface area contributed by atoms with Gasteiger partial charge in [0.2, 0.25) is 11.8 Å². The highest BCUT2D eigenvalue weighted by molar-refractivity contribution is 9.09. The van der Waals surface area contributed by atoms with Gasteiger partial charge in [-0.25, -0.2) is 0 Å². The third-order valence-corrected chi connectivity index (χ3v) is 7.56. The largest absolute Gasteiger partial charge is 0.486 e. The molecule has 3 aromatic heterocycles. The summed E-state index contributed by atoms with van der Waals surface area (Å²) in [6.07, 6.45) is 1.45. The van der Waals surface area contributed by atoms with Gasteiger partial charge in [0.15, 0.2) is 5.75 Å². The molecule has 0 radical (unpaired) electrons. The van der Waals surface area contributed by atoms with Gasteiger partial charge in [-0.05, 0) is 24.3 Å². The minimum absolute atomic E-state index is 0.0756. The average Bonchev–Trinajstić information content (AvgIpc) is 3.46. The van der Waals surface area contributed by atoms with Crippen molar-refractivity contribution in [2.75, 3.05) is 60.2 Å². The molecule has 1 aliphatic heterocycles. The predicted molar refractivity (Wildman–Crippen MR) is 158 cm³/mol. The molecule has 2 amide bonds. The van der Waals surface area contributed by atoms with Crippen molar-refractivity contribution in [2.24, 2.45) is 7.05 Å². The molecule has 5 rings (SSSR count). The Bertz CT molecular complexity index is 1620. The number of anilines is 3. The maximum Gasteiger partial charge on any atom is 0.293 e. The summed E-state index contributed by atoms with van der Waals surface area (Å²) in [5, 5.41) is 11.7. The molecule has 0 atom stereocenters. The van der Waals surface area contributed by atoms with Crippen molar-refractivity contribution in [1.29, 1.82) is 0 Å². The maximum absolute atomic E-state index is 12.8. The van der Waals surface area contributed by atoms with Gasteiger partial charge in [-0.3, -0.25) is 14.4 Å². The van der Waals surface area contributed by atoms with Crippen molar-refractivity contribution < 1.29 is 14.3 Å². The van der Waals surface area contributed by atoms with Crippen LogP contribution in [0.5, 0.6) is 5.75 Å². The first-order valence-corrected chi connectivity index (χ1v) is 14.8. The van der Waals surface area contributed by atoms with Gasteiger partial charge in [0.05, 0.1) is 22.7 Å². The van der Waals surface area contributed by atoms with E-state index in [9.17, 15) is 14.4 Å². The Morgan fingerprint density at radius 2 is 1.88 bits per heavy atom. The number of ether oxygens (including phenoxy) is 1. The van der Waals surface area contributed by atoms with Crippen molar-refractivity contribution in [2.45, 2.75) is 0 Å². The van der Waals surface area contributed by atoms with E-state index in [2.05, 4.69) is 62.5 Å². The fourth-order valence-corrected chi connectivity index (χ4v) is 5.05. The van der Waals surface area contributed by atoms with Gasteiger partial charge in [-0.2, -0.15) is 19.6 Å². The highest BCUT2D eigenvalue weighted by Crippen LogP contribution is 2.26. The van der Waals surface area contributed by atoms with Gasteiger partial charge in [-0.1, -0.05) is 31.9 Å². The lowest BCUT2D eigenvalue weighted by Gasteiger charge is -2.35. The molecular weight excluding hydrogens is 650 g/mol. The van der Waals surface area contributed by atoms with Crippen molar-refractivity contribution in [3.05, 3.63) is 47.0 Å². The first-order valence-electron chi connectivity index (χ1n) is 12.5. The summed E-state index contributed by atoms with van der Waals surface area (Å²) < 4.78 is 8.84. The van der Waals surface area contributed by atoms with E-state index >= 15 is 0 Å². The molecule has 1 aromatic carbocycles. The van der Waals surface area contributed by atoms with Crippen molar-refractivity contribution >= 4 is 77.7 Å². The molecule has 1 aliphatic rings. The molecule has 4 heterocycles. The van der Waals surface area contributed by atoms with E-state index in [1.807, 2.05) is 29.2 Å². The van der Waals surface area contributed by atoms with E-state index in [4.69, 9.17) is 4.74 Å². The molecule has 40 heavy (non-hydrogen) atoms. The van der Waals surface area contributed by atoms with E-state index in [1.165, 1.54) is 10.9 Å². The quantitative estimate of drug-likeness (QED) is 0.200. The molecular formula is C25H27Br2N9O4. The van der Waals surface area contributed by atoms with Gasteiger partial charge >= 0.3 is 0 Å². The van der Waals surface area contributed by atoms with E-state index in [1.54, 1.807) is 17.6 Å². The number of amides is 2. The zero-order valence-corrected chi connectivity index (χ0v) is 24.8. The highest BCUT2D eigenvalue weighted by atomic mass is 79.9. The number of hydrogen-bond acceptors (Lipinski definition) is 9. The van der Waals surface area contributed by atoms with Gasteiger partial charge in [0, 0.05) is 50.4 Å². The molecule has 0 unspecified atom stereocenters. The van der Waals surface area contributed by atoms with Crippen LogP contribution in [-0.2, 0) is 16.6 Å². The summed E-state index contributed by atoms with van der Waals surface area (Å²) in [6, 6.07) is 9.27. The molecule has 0 spiro atoms. The van der Waals surface area contributed by atoms with Crippen LogP contribution in [0.1, 0.15) is 0 Å². The number of carbonyl (C=O) groups excluding carboxylic acids is 2. The Hall–Kier alpha value is -3.72. The van der Waals surface area contributed by atoms with Crippen LogP contribution in [0.4, 0.5) is 17.3 Å². The summed E-state index contributed by atoms with van der Waals surface area (Å²) in [7, 11) is 1.69. The average molecular weight is 677 g/mol. The zero-order valence-electron chi connectivity index (χ0n) is 21.6. The molecule has 1 saturated heterocycles. The third-order valence-electron chi connectivity index (χ3n) is 6.58. The summed E-state index contributed by atoms with van der Waals surface area (Å²) in [5.74, 6) is 1.97. The second-order valence-corrected chi connectivity index (χ2v) is 10.2. The summed E-state index contributed by atoms with van der Waals surface area (Å²) in [6.45, 7) is 2.99. The molecule has 210 valence electrons. The molecule has 0 bridgehead atoms. The minimum atomic E-state index is -0.263. The lowest BCUT2D eigenvalue weighted by molar-refractivity contribution is -0.128. The number of alkyl halides is 2. The second kappa shape index (κ2) is 12.2. The number of halogens is 2. The van der Waals surface area contributed by atoms with Crippen LogP contribution in [0.15, 0.2) is 41.5 Å². The van der Waals surface area contributed by atoms with Crippen LogP contribution in [0, 0.1) is 0 Å². The van der Waals surface area contributed by atoms with Crippen LogP contribution in [0.3, 0.4) is 0 Å². The normalized spacial score (nSPS) is 13.6. The molecule has 1 fully saturated rings. The molecule has 2 N–H and O–H groups in total. The number of fused-ring (bicyclic) bond motifs is 2. The number of piperazine rings is 1. The number of nitrogens with one attached hydrogen (secondary N) is 2. The minimum Gasteiger partial charge on any atom is -0.486 e. The number of aromatic nitrogens is 5. The highest BCUT2D eigenvalue weighted by Gasteiger charge is 2.22. The van der Waals surface area contributed by atoms with Gasteiger partial charge in [-0.15, -0.1) is 0 Å². The molecule has 0 aliphatic carbocycles. The van der Waals surface area contributed by atoms with Crippen molar-refractivity contribution in [1.82, 2.24) is 34.4 Å². The zero-order chi connectivity index (χ0) is 28.2.